The summed E-state index contributed by atoms with van der Waals surface area (Å²) in [5, 5.41) is 0. The third kappa shape index (κ3) is 7.92. The summed E-state index contributed by atoms with van der Waals surface area (Å²) in [4.78, 5) is 2.00. The molecule has 58 valence electrons. The van der Waals surface area contributed by atoms with E-state index in [-0.39, 0.29) is 6.23 Å². The van der Waals surface area contributed by atoms with Crippen LogP contribution in [0.5, 0.6) is 0 Å². The summed E-state index contributed by atoms with van der Waals surface area (Å²) in [6.07, 6.45) is 0.236. The Morgan fingerprint density at radius 3 is 1.56 bits per heavy atom. The van der Waals surface area contributed by atoms with Crippen LogP contribution in [-0.2, 0) is 4.74 Å². The van der Waals surface area contributed by atoms with Crippen LogP contribution in [0.25, 0.3) is 0 Å². The Balaban J connectivity index is 0. The van der Waals surface area contributed by atoms with Crippen molar-refractivity contribution in [3.8, 4) is 0 Å². The summed E-state index contributed by atoms with van der Waals surface area (Å²) < 4.78 is 4.94. The second-order valence-corrected chi connectivity index (χ2v) is 1.80. The van der Waals surface area contributed by atoms with Gasteiger partial charge in [0.1, 0.15) is 6.23 Å². The molecule has 0 radical (unpaired) electrons. The molecule has 0 bridgehead atoms. The highest BCUT2D eigenvalue weighted by atomic mass is 16.5. The third-order valence-electron chi connectivity index (χ3n) is 1.07. The summed E-state index contributed by atoms with van der Waals surface area (Å²) in [5.41, 5.74) is 0. The predicted octanol–water partition coefficient (Wildman–Crippen LogP) is 1.57. The molecule has 0 aromatic heterocycles. The van der Waals surface area contributed by atoms with Crippen LogP contribution >= 0.6 is 0 Å². The van der Waals surface area contributed by atoms with Crippen molar-refractivity contribution in [1.82, 2.24) is 4.90 Å². The Morgan fingerprint density at radius 2 is 1.56 bits per heavy atom. The van der Waals surface area contributed by atoms with Crippen molar-refractivity contribution in [3.63, 3.8) is 0 Å². The molecule has 0 aliphatic carbocycles. The SMILES string of the molecule is CC.COC(C)N(C)C. The van der Waals surface area contributed by atoms with Gasteiger partial charge in [-0.15, -0.1) is 0 Å². The number of rotatable bonds is 2. The van der Waals surface area contributed by atoms with E-state index >= 15 is 0 Å². The first-order chi connectivity index (χ1) is 4.18. The van der Waals surface area contributed by atoms with Gasteiger partial charge < -0.3 is 4.74 Å². The number of hydrogen-bond donors (Lipinski definition) is 0. The lowest BCUT2D eigenvalue weighted by Gasteiger charge is -2.16. The van der Waals surface area contributed by atoms with E-state index in [9.17, 15) is 0 Å². The van der Waals surface area contributed by atoms with E-state index in [4.69, 9.17) is 4.74 Å². The van der Waals surface area contributed by atoms with Crippen LogP contribution in [0.2, 0.25) is 0 Å². The molecule has 9 heavy (non-hydrogen) atoms. The van der Waals surface area contributed by atoms with Crippen LogP contribution in [0.3, 0.4) is 0 Å². The molecule has 0 amide bonds. The molecule has 0 saturated carbocycles. The Labute approximate surface area is 58.8 Å². The fraction of sp³-hybridized carbons (Fsp3) is 1.00. The van der Waals surface area contributed by atoms with Crippen LogP contribution in [0.1, 0.15) is 20.8 Å². The van der Waals surface area contributed by atoms with E-state index in [2.05, 4.69) is 0 Å². The van der Waals surface area contributed by atoms with Crippen molar-refractivity contribution in [3.05, 3.63) is 0 Å². The molecule has 0 spiro atoms. The number of ether oxygens (including phenoxy) is 1. The number of hydrogen-bond acceptors (Lipinski definition) is 2. The average molecular weight is 133 g/mol. The van der Waals surface area contributed by atoms with Gasteiger partial charge in [0, 0.05) is 7.11 Å². The van der Waals surface area contributed by atoms with Gasteiger partial charge in [-0.05, 0) is 21.0 Å². The maximum atomic E-state index is 4.94. The van der Waals surface area contributed by atoms with Crippen molar-refractivity contribution in [2.75, 3.05) is 21.2 Å². The van der Waals surface area contributed by atoms with Gasteiger partial charge in [0.05, 0.1) is 0 Å². The quantitative estimate of drug-likeness (QED) is 0.530. The minimum atomic E-state index is 0.236. The van der Waals surface area contributed by atoms with Crippen molar-refractivity contribution in [1.29, 1.82) is 0 Å². The van der Waals surface area contributed by atoms with Gasteiger partial charge >= 0.3 is 0 Å². The monoisotopic (exact) mass is 133 g/mol. The van der Waals surface area contributed by atoms with E-state index in [1.165, 1.54) is 0 Å². The molecule has 2 nitrogen and oxygen atoms in total. The highest BCUT2D eigenvalue weighted by molar-refractivity contribution is 4.39. The standard InChI is InChI=1S/C5H13NO.C2H6/c1-5(7-4)6(2)3;1-2/h5H,1-4H3;1-2H3. The second kappa shape index (κ2) is 7.92. The van der Waals surface area contributed by atoms with Gasteiger partial charge in [-0.25, -0.2) is 0 Å². The summed E-state index contributed by atoms with van der Waals surface area (Å²) in [6, 6.07) is 0. The smallest absolute Gasteiger partial charge is 0.106 e. The molecule has 0 aliphatic rings. The first-order valence-electron chi connectivity index (χ1n) is 3.37. The Hall–Kier alpha value is -0.0800. The van der Waals surface area contributed by atoms with Crippen molar-refractivity contribution in [2.24, 2.45) is 0 Å². The van der Waals surface area contributed by atoms with Crippen LogP contribution in [0, 0.1) is 0 Å². The Morgan fingerprint density at radius 1 is 1.22 bits per heavy atom. The highest BCUT2D eigenvalue weighted by Crippen LogP contribution is 1.88. The maximum absolute atomic E-state index is 4.94. The normalized spacial score (nSPS) is 12.3. The molecule has 0 fully saturated rings. The zero-order chi connectivity index (χ0) is 7.86. The predicted molar refractivity (Wildman–Crippen MR) is 41.5 cm³/mol. The van der Waals surface area contributed by atoms with E-state index < -0.39 is 0 Å². The first kappa shape index (κ1) is 11.7. The van der Waals surface area contributed by atoms with Gasteiger partial charge in [0.15, 0.2) is 0 Å². The van der Waals surface area contributed by atoms with E-state index in [1.807, 2.05) is 39.8 Å². The van der Waals surface area contributed by atoms with Crippen LogP contribution < -0.4 is 0 Å². The van der Waals surface area contributed by atoms with Crippen molar-refractivity contribution in [2.45, 2.75) is 27.0 Å². The van der Waals surface area contributed by atoms with Gasteiger partial charge in [-0.1, -0.05) is 13.8 Å². The van der Waals surface area contributed by atoms with E-state index in [0.717, 1.165) is 0 Å². The van der Waals surface area contributed by atoms with Crippen LogP contribution in [0.4, 0.5) is 0 Å². The molecule has 1 unspecified atom stereocenters. The fourth-order valence-electron chi connectivity index (χ4n) is 0.211. The molecule has 0 aliphatic heterocycles. The highest BCUT2D eigenvalue weighted by Gasteiger charge is 1.97. The molecule has 2 heteroatoms. The van der Waals surface area contributed by atoms with E-state index in [0.29, 0.717) is 0 Å². The first-order valence-corrected chi connectivity index (χ1v) is 3.37. The average Bonchev–Trinajstić information content (AvgIpc) is 1.91. The minimum Gasteiger partial charge on any atom is -0.367 e. The fourth-order valence-corrected chi connectivity index (χ4v) is 0.211. The zero-order valence-electron chi connectivity index (χ0n) is 7.43. The lowest BCUT2D eigenvalue weighted by Crippen LogP contribution is -2.25. The van der Waals surface area contributed by atoms with Gasteiger partial charge in [0.25, 0.3) is 0 Å². The lowest BCUT2D eigenvalue weighted by molar-refractivity contribution is 0.0116. The van der Waals surface area contributed by atoms with Gasteiger partial charge in [-0.3, -0.25) is 4.90 Å². The Bertz CT molecular complexity index is 46.2. The summed E-state index contributed by atoms with van der Waals surface area (Å²) in [5.74, 6) is 0. The molecule has 0 N–H and O–H groups in total. The van der Waals surface area contributed by atoms with Crippen LogP contribution in [-0.4, -0.2) is 32.3 Å². The largest absolute Gasteiger partial charge is 0.367 e. The molecular weight excluding hydrogens is 114 g/mol. The summed E-state index contributed by atoms with van der Waals surface area (Å²) in [6.45, 7) is 6.00. The van der Waals surface area contributed by atoms with Gasteiger partial charge in [0.2, 0.25) is 0 Å². The van der Waals surface area contributed by atoms with E-state index in [1.54, 1.807) is 7.11 Å². The summed E-state index contributed by atoms with van der Waals surface area (Å²) in [7, 11) is 5.66. The topological polar surface area (TPSA) is 12.5 Å². The summed E-state index contributed by atoms with van der Waals surface area (Å²) >= 11 is 0. The molecular formula is C7H19NO. The third-order valence-corrected chi connectivity index (χ3v) is 1.07. The molecule has 0 saturated heterocycles. The molecule has 0 rings (SSSR count). The molecule has 1 atom stereocenters. The zero-order valence-corrected chi connectivity index (χ0v) is 7.43. The molecule has 0 aromatic rings. The number of nitrogens with zero attached hydrogens (tertiary/aromatic N) is 1. The Kier molecular flexibility index (Phi) is 10.3. The van der Waals surface area contributed by atoms with Crippen molar-refractivity contribution < 1.29 is 4.74 Å². The van der Waals surface area contributed by atoms with Crippen LogP contribution in [0.15, 0.2) is 0 Å². The second-order valence-electron chi connectivity index (χ2n) is 1.80. The number of methoxy groups -OCH3 is 1. The maximum Gasteiger partial charge on any atom is 0.106 e. The molecule has 0 aromatic carbocycles. The van der Waals surface area contributed by atoms with Crippen molar-refractivity contribution >= 4 is 0 Å². The molecule has 0 heterocycles. The van der Waals surface area contributed by atoms with Gasteiger partial charge in [-0.2, -0.15) is 0 Å². The minimum absolute atomic E-state index is 0.236. The lowest BCUT2D eigenvalue weighted by atomic mass is 10.6.